The number of hydrogen-bond donors (Lipinski definition) is 1. The van der Waals surface area contributed by atoms with Gasteiger partial charge in [-0.25, -0.2) is 0 Å². The fourth-order valence-electron chi connectivity index (χ4n) is 2.83. The summed E-state index contributed by atoms with van der Waals surface area (Å²) >= 11 is 0. The maximum Gasteiger partial charge on any atom is 0.131 e. The van der Waals surface area contributed by atoms with Crippen LogP contribution in [-0.2, 0) is 13.6 Å². The van der Waals surface area contributed by atoms with E-state index in [4.69, 9.17) is 5.73 Å². The molecule has 0 amide bonds. The third kappa shape index (κ3) is 1.71. The van der Waals surface area contributed by atoms with E-state index in [1.807, 2.05) is 18.7 Å². The van der Waals surface area contributed by atoms with E-state index in [0.29, 0.717) is 12.6 Å². The Kier molecular flexibility index (Phi) is 3.19. The number of anilines is 1. The van der Waals surface area contributed by atoms with Crippen molar-refractivity contribution < 1.29 is 0 Å². The van der Waals surface area contributed by atoms with E-state index in [0.717, 1.165) is 12.2 Å². The first-order chi connectivity index (χ1) is 7.69. The number of nitrogens with two attached hydrogens (primary N) is 1. The van der Waals surface area contributed by atoms with Crippen LogP contribution in [0.4, 0.5) is 5.82 Å². The van der Waals surface area contributed by atoms with Gasteiger partial charge in [0.1, 0.15) is 5.82 Å². The number of hydrogen-bond acceptors (Lipinski definition) is 3. The van der Waals surface area contributed by atoms with E-state index in [1.165, 1.54) is 30.6 Å². The van der Waals surface area contributed by atoms with Gasteiger partial charge in [-0.05, 0) is 26.2 Å². The Morgan fingerprint density at radius 2 is 2.25 bits per heavy atom. The zero-order valence-corrected chi connectivity index (χ0v) is 10.5. The number of rotatable bonds is 3. The van der Waals surface area contributed by atoms with Gasteiger partial charge in [-0.2, -0.15) is 5.10 Å². The third-order valence-electron chi connectivity index (χ3n) is 3.64. The molecule has 2 N–H and O–H groups in total. The van der Waals surface area contributed by atoms with Crippen LogP contribution >= 0.6 is 0 Å². The van der Waals surface area contributed by atoms with Crippen molar-refractivity contribution >= 4 is 5.82 Å². The molecule has 2 rings (SSSR count). The van der Waals surface area contributed by atoms with Gasteiger partial charge >= 0.3 is 0 Å². The molecule has 1 fully saturated rings. The first-order valence-corrected chi connectivity index (χ1v) is 6.18. The van der Waals surface area contributed by atoms with Gasteiger partial charge < -0.3 is 10.6 Å². The van der Waals surface area contributed by atoms with Gasteiger partial charge in [-0.1, -0.05) is 6.92 Å². The summed E-state index contributed by atoms with van der Waals surface area (Å²) in [6, 6.07) is 0.667. The number of aryl methyl sites for hydroxylation is 2. The average molecular weight is 222 g/mol. The van der Waals surface area contributed by atoms with Crippen LogP contribution in [0, 0.1) is 6.92 Å². The minimum absolute atomic E-state index is 0.585. The molecule has 1 saturated heterocycles. The molecule has 1 atom stereocenters. The summed E-state index contributed by atoms with van der Waals surface area (Å²) in [5.41, 5.74) is 8.12. The Morgan fingerprint density at radius 1 is 1.50 bits per heavy atom. The first kappa shape index (κ1) is 11.5. The predicted molar refractivity (Wildman–Crippen MR) is 66.5 cm³/mol. The molecule has 1 aromatic rings. The summed E-state index contributed by atoms with van der Waals surface area (Å²) in [7, 11) is 2.02. The lowest BCUT2D eigenvalue weighted by atomic mass is 10.1. The highest BCUT2D eigenvalue weighted by Crippen LogP contribution is 2.30. The van der Waals surface area contributed by atoms with Crippen molar-refractivity contribution in [2.45, 2.75) is 45.7 Å². The van der Waals surface area contributed by atoms with Crippen molar-refractivity contribution in [3.63, 3.8) is 0 Å². The second kappa shape index (κ2) is 4.45. The molecule has 1 unspecified atom stereocenters. The minimum atomic E-state index is 0.585. The molecule has 4 nitrogen and oxygen atoms in total. The quantitative estimate of drug-likeness (QED) is 0.844. The largest absolute Gasteiger partial charge is 0.354 e. The van der Waals surface area contributed by atoms with Crippen molar-refractivity contribution in [1.29, 1.82) is 0 Å². The first-order valence-electron chi connectivity index (χ1n) is 6.18. The van der Waals surface area contributed by atoms with Crippen LogP contribution in [0.25, 0.3) is 0 Å². The molecule has 4 heteroatoms. The van der Waals surface area contributed by atoms with Crippen molar-refractivity contribution in [2.24, 2.45) is 12.8 Å². The van der Waals surface area contributed by atoms with Crippen LogP contribution in [-0.4, -0.2) is 22.4 Å². The molecule has 90 valence electrons. The minimum Gasteiger partial charge on any atom is -0.354 e. The fraction of sp³-hybridized carbons (Fsp3) is 0.750. The van der Waals surface area contributed by atoms with E-state index in [2.05, 4.69) is 16.9 Å². The van der Waals surface area contributed by atoms with Crippen LogP contribution in [0.5, 0.6) is 0 Å². The molecule has 0 aliphatic carbocycles. The highest BCUT2D eigenvalue weighted by molar-refractivity contribution is 5.51. The Hall–Kier alpha value is -1.03. The highest BCUT2D eigenvalue weighted by Gasteiger charge is 2.28. The standard InChI is InChI=1S/C12H22N4/c1-4-10-6-5-7-16(10)12-11(8-13)9(2)14-15(12)3/h10H,4-8,13H2,1-3H3. The maximum absolute atomic E-state index is 5.84. The van der Waals surface area contributed by atoms with Gasteiger partial charge in [0.25, 0.3) is 0 Å². The van der Waals surface area contributed by atoms with Gasteiger partial charge in [-0.15, -0.1) is 0 Å². The van der Waals surface area contributed by atoms with Crippen molar-refractivity contribution in [2.75, 3.05) is 11.4 Å². The van der Waals surface area contributed by atoms with Crippen LogP contribution in [0.1, 0.15) is 37.4 Å². The number of aromatic nitrogens is 2. The summed E-state index contributed by atoms with van der Waals surface area (Å²) < 4.78 is 1.99. The van der Waals surface area contributed by atoms with Gasteiger partial charge in [0.2, 0.25) is 0 Å². The summed E-state index contributed by atoms with van der Waals surface area (Å²) in [5, 5.41) is 4.49. The lowest BCUT2D eigenvalue weighted by Crippen LogP contribution is -2.31. The monoisotopic (exact) mass is 222 g/mol. The van der Waals surface area contributed by atoms with Crippen LogP contribution in [0.15, 0.2) is 0 Å². The second-order valence-electron chi connectivity index (χ2n) is 4.61. The Balaban J connectivity index is 2.38. The molecular formula is C12H22N4. The molecule has 0 spiro atoms. The lowest BCUT2D eigenvalue weighted by Gasteiger charge is -2.26. The number of nitrogens with zero attached hydrogens (tertiary/aromatic N) is 3. The SMILES string of the molecule is CCC1CCCN1c1c(CN)c(C)nn1C. The maximum atomic E-state index is 5.84. The molecule has 1 aliphatic heterocycles. The van der Waals surface area contributed by atoms with E-state index in [-0.39, 0.29) is 0 Å². The summed E-state index contributed by atoms with van der Waals surface area (Å²) in [6.45, 7) is 6.03. The van der Waals surface area contributed by atoms with Gasteiger partial charge in [0.15, 0.2) is 0 Å². The molecule has 1 aliphatic rings. The van der Waals surface area contributed by atoms with E-state index < -0.39 is 0 Å². The molecule has 0 bridgehead atoms. The molecule has 1 aromatic heterocycles. The van der Waals surface area contributed by atoms with Crippen molar-refractivity contribution in [3.05, 3.63) is 11.3 Å². The van der Waals surface area contributed by atoms with Crippen LogP contribution < -0.4 is 10.6 Å². The zero-order valence-electron chi connectivity index (χ0n) is 10.5. The van der Waals surface area contributed by atoms with Gasteiger partial charge in [-0.3, -0.25) is 4.68 Å². The van der Waals surface area contributed by atoms with Gasteiger partial charge in [0.05, 0.1) is 5.69 Å². The topological polar surface area (TPSA) is 47.1 Å². The molecule has 0 radical (unpaired) electrons. The molecule has 2 heterocycles. The Morgan fingerprint density at radius 3 is 2.88 bits per heavy atom. The van der Waals surface area contributed by atoms with Gasteiger partial charge in [0, 0.05) is 31.7 Å². The summed E-state index contributed by atoms with van der Waals surface area (Å²) in [6.07, 6.45) is 3.78. The van der Waals surface area contributed by atoms with Crippen molar-refractivity contribution in [1.82, 2.24) is 9.78 Å². The summed E-state index contributed by atoms with van der Waals surface area (Å²) in [5.74, 6) is 1.24. The second-order valence-corrected chi connectivity index (χ2v) is 4.61. The molecule has 16 heavy (non-hydrogen) atoms. The average Bonchev–Trinajstić information content (AvgIpc) is 2.81. The smallest absolute Gasteiger partial charge is 0.131 e. The van der Waals surface area contributed by atoms with E-state index in [1.54, 1.807) is 0 Å². The zero-order chi connectivity index (χ0) is 11.7. The van der Waals surface area contributed by atoms with Crippen LogP contribution in [0.3, 0.4) is 0 Å². The van der Waals surface area contributed by atoms with E-state index >= 15 is 0 Å². The molecule has 0 aromatic carbocycles. The normalized spacial score (nSPS) is 20.8. The predicted octanol–water partition coefficient (Wildman–Crippen LogP) is 1.57. The third-order valence-corrected chi connectivity index (χ3v) is 3.64. The van der Waals surface area contributed by atoms with Crippen LogP contribution in [0.2, 0.25) is 0 Å². The highest BCUT2D eigenvalue weighted by atomic mass is 15.4. The molecular weight excluding hydrogens is 200 g/mol. The summed E-state index contributed by atoms with van der Waals surface area (Å²) in [4.78, 5) is 2.49. The van der Waals surface area contributed by atoms with E-state index in [9.17, 15) is 0 Å². The Labute approximate surface area is 97.4 Å². The van der Waals surface area contributed by atoms with Crippen molar-refractivity contribution in [3.8, 4) is 0 Å². The Bertz CT molecular complexity index is 369. The fourth-order valence-corrected chi connectivity index (χ4v) is 2.83. The lowest BCUT2D eigenvalue weighted by molar-refractivity contribution is 0.619. The molecule has 0 saturated carbocycles.